The first-order valence-corrected chi connectivity index (χ1v) is 6.07. The maximum atomic E-state index is 5.99. The quantitative estimate of drug-likeness (QED) is 0.477. The molecule has 1 unspecified atom stereocenters. The molecule has 1 saturated heterocycles. The molecule has 0 spiro atoms. The number of hydrogen-bond donors (Lipinski definition) is 0. The highest BCUT2D eigenvalue weighted by Gasteiger charge is 2.33. The summed E-state index contributed by atoms with van der Waals surface area (Å²) in [5, 5.41) is 0. The zero-order chi connectivity index (χ0) is 11.0. The van der Waals surface area contributed by atoms with Crippen LogP contribution in [0.5, 0.6) is 0 Å². The smallest absolute Gasteiger partial charge is 0.0700 e. The third-order valence-corrected chi connectivity index (χ3v) is 3.46. The van der Waals surface area contributed by atoms with Crippen LogP contribution in [0.25, 0.3) is 0 Å². The Morgan fingerprint density at radius 2 is 2.20 bits per heavy atom. The molecule has 1 aliphatic rings. The molecule has 1 heterocycles. The van der Waals surface area contributed by atoms with Gasteiger partial charge in [-0.05, 0) is 19.3 Å². The van der Waals surface area contributed by atoms with Crippen molar-refractivity contribution in [1.29, 1.82) is 0 Å². The van der Waals surface area contributed by atoms with E-state index in [4.69, 9.17) is 25.8 Å². The van der Waals surface area contributed by atoms with Gasteiger partial charge in [-0.2, -0.15) is 0 Å². The Morgan fingerprint density at radius 1 is 1.33 bits per heavy atom. The lowest BCUT2D eigenvalue weighted by Gasteiger charge is -2.24. The fourth-order valence-electron chi connectivity index (χ4n) is 1.81. The van der Waals surface area contributed by atoms with Gasteiger partial charge in [0.05, 0.1) is 19.8 Å². The molecule has 4 heteroatoms. The van der Waals surface area contributed by atoms with E-state index in [2.05, 4.69) is 0 Å². The minimum absolute atomic E-state index is 0.214. The Morgan fingerprint density at radius 3 is 2.80 bits per heavy atom. The predicted molar refractivity (Wildman–Crippen MR) is 60.5 cm³/mol. The molecule has 0 aromatic rings. The van der Waals surface area contributed by atoms with Gasteiger partial charge in [-0.15, -0.1) is 11.6 Å². The molecule has 1 aliphatic heterocycles. The van der Waals surface area contributed by atoms with Crippen LogP contribution < -0.4 is 0 Å². The number of alkyl halides is 1. The normalized spacial score (nSPS) is 26.0. The van der Waals surface area contributed by atoms with Crippen molar-refractivity contribution in [3.05, 3.63) is 0 Å². The first-order valence-electron chi connectivity index (χ1n) is 5.53. The molecule has 0 aliphatic carbocycles. The molecule has 90 valence electrons. The summed E-state index contributed by atoms with van der Waals surface area (Å²) in [6.07, 6.45) is 3.25. The number of ether oxygens (including phenoxy) is 3. The largest absolute Gasteiger partial charge is 0.382 e. The van der Waals surface area contributed by atoms with Crippen LogP contribution in [0.2, 0.25) is 0 Å². The van der Waals surface area contributed by atoms with Crippen molar-refractivity contribution in [3.63, 3.8) is 0 Å². The maximum absolute atomic E-state index is 5.99. The summed E-state index contributed by atoms with van der Waals surface area (Å²) in [7, 11) is 1.68. The molecule has 0 amide bonds. The first kappa shape index (κ1) is 13.2. The minimum atomic E-state index is 0.214. The third-order valence-electron chi connectivity index (χ3n) is 2.90. The van der Waals surface area contributed by atoms with Gasteiger partial charge >= 0.3 is 0 Å². The van der Waals surface area contributed by atoms with E-state index in [1.54, 1.807) is 7.11 Å². The Balaban J connectivity index is 2.02. The van der Waals surface area contributed by atoms with Gasteiger partial charge in [-0.1, -0.05) is 0 Å². The zero-order valence-electron chi connectivity index (χ0n) is 9.47. The van der Waals surface area contributed by atoms with E-state index in [0.717, 1.165) is 39.1 Å². The zero-order valence-corrected chi connectivity index (χ0v) is 10.2. The summed E-state index contributed by atoms with van der Waals surface area (Å²) in [5.41, 5.74) is 0.214. The van der Waals surface area contributed by atoms with Crippen molar-refractivity contribution in [2.24, 2.45) is 5.41 Å². The van der Waals surface area contributed by atoms with Crippen LogP contribution in [0.1, 0.15) is 19.3 Å². The molecule has 1 fully saturated rings. The van der Waals surface area contributed by atoms with Crippen LogP contribution in [0, 0.1) is 5.41 Å². The lowest BCUT2D eigenvalue weighted by molar-refractivity contribution is 0.0631. The number of halogens is 1. The molecule has 0 N–H and O–H groups in total. The minimum Gasteiger partial charge on any atom is -0.382 e. The third kappa shape index (κ3) is 4.68. The summed E-state index contributed by atoms with van der Waals surface area (Å²) >= 11 is 5.99. The van der Waals surface area contributed by atoms with E-state index < -0.39 is 0 Å². The molecule has 0 aromatic carbocycles. The van der Waals surface area contributed by atoms with Crippen LogP contribution in [-0.2, 0) is 14.2 Å². The topological polar surface area (TPSA) is 27.7 Å². The second-order valence-corrected chi connectivity index (χ2v) is 4.41. The van der Waals surface area contributed by atoms with Gasteiger partial charge in [0.15, 0.2) is 0 Å². The van der Waals surface area contributed by atoms with Gasteiger partial charge in [-0.3, -0.25) is 0 Å². The Kier molecular flexibility index (Phi) is 6.57. The highest BCUT2D eigenvalue weighted by atomic mass is 35.5. The Hall–Kier alpha value is 0.170. The van der Waals surface area contributed by atoms with E-state index in [1.165, 1.54) is 0 Å². The summed E-state index contributed by atoms with van der Waals surface area (Å²) < 4.78 is 15.7. The van der Waals surface area contributed by atoms with E-state index in [-0.39, 0.29) is 5.41 Å². The fourth-order valence-corrected chi connectivity index (χ4v) is 2.16. The summed E-state index contributed by atoms with van der Waals surface area (Å²) in [6, 6.07) is 0. The summed E-state index contributed by atoms with van der Waals surface area (Å²) in [6.45, 7) is 3.82. The standard InChI is InChI=1S/C11H21ClO3/c1-13-7-8-14-5-2-3-11(9-12)4-6-15-10-11/h2-10H2,1H3. The average molecular weight is 237 g/mol. The lowest BCUT2D eigenvalue weighted by Crippen LogP contribution is -2.23. The van der Waals surface area contributed by atoms with Gasteiger partial charge in [0.25, 0.3) is 0 Å². The lowest BCUT2D eigenvalue weighted by atomic mass is 9.85. The Labute approximate surface area is 97.0 Å². The van der Waals surface area contributed by atoms with E-state index in [1.807, 2.05) is 0 Å². The van der Waals surface area contributed by atoms with Crippen molar-refractivity contribution in [3.8, 4) is 0 Å². The average Bonchev–Trinajstić information content (AvgIpc) is 2.73. The van der Waals surface area contributed by atoms with Gasteiger partial charge < -0.3 is 14.2 Å². The second kappa shape index (κ2) is 7.44. The summed E-state index contributed by atoms with van der Waals surface area (Å²) in [5.74, 6) is 0.699. The fraction of sp³-hybridized carbons (Fsp3) is 1.00. The van der Waals surface area contributed by atoms with Gasteiger partial charge in [0, 0.05) is 31.6 Å². The molecule has 0 aromatic heterocycles. The van der Waals surface area contributed by atoms with Crippen LogP contribution >= 0.6 is 11.6 Å². The molecule has 0 bridgehead atoms. The van der Waals surface area contributed by atoms with Crippen LogP contribution in [-0.4, -0.2) is 46.0 Å². The Bertz CT molecular complexity index is 158. The molecule has 1 rings (SSSR count). The molecule has 0 radical (unpaired) electrons. The van der Waals surface area contributed by atoms with Crippen molar-refractivity contribution in [2.45, 2.75) is 19.3 Å². The maximum Gasteiger partial charge on any atom is 0.0700 e. The van der Waals surface area contributed by atoms with Gasteiger partial charge in [0.2, 0.25) is 0 Å². The van der Waals surface area contributed by atoms with Crippen molar-refractivity contribution >= 4 is 11.6 Å². The van der Waals surface area contributed by atoms with E-state index in [9.17, 15) is 0 Å². The molecular formula is C11H21ClO3. The monoisotopic (exact) mass is 236 g/mol. The number of methoxy groups -OCH3 is 1. The van der Waals surface area contributed by atoms with Crippen LogP contribution in [0.15, 0.2) is 0 Å². The second-order valence-electron chi connectivity index (χ2n) is 4.14. The predicted octanol–water partition coefficient (Wildman–Crippen LogP) is 2.08. The van der Waals surface area contributed by atoms with E-state index >= 15 is 0 Å². The molecule has 15 heavy (non-hydrogen) atoms. The molecule has 0 saturated carbocycles. The van der Waals surface area contributed by atoms with E-state index in [0.29, 0.717) is 19.1 Å². The molecule has 3 nitrogen and oxygen atoms in total. The highest BCUT2D eigenvalue weighted by Crippen LogP contribution is 2.34. The summed E-state index contributed by atoms with van der Waals surface area (Å²) in [4.78, 5) is 0. The first-order chi connectivity index (χ1) is 7.33. The van der Waals surface area contributed by atoms with Crippen LogP contribution in [0.3, 0.4) is 0 Å². The SMILES string of the molecule is COCCOCCCC1(CCl)CCOC1. The highest BCUT2D eigenvalue weighted by molar-refractivity contribution is 6.18. The van der Waals surface area contributed by atoms with Gasteiger partial charge in [-0.25, -0.2) is 0 Å². The molecular weight excluding hydrogens is 216 g/mol. The molecule has 1 atom stereocenters. The number of rotatable bonds is 8. The van der Waals surface area contributed by atoms with Gasteiger partial charge in [0.1, 0.15) is 0 Å². The number of hydrogen-bond acceptors (Lipinski definition) is 3. The van der Waals surface area contributed by atoms with Crippen molar-refractivity contribution < 1.29 is 14.2 Å². The van der Waals surface area contributed by atoms with Crippen molar-refractivity contribution in [1.82, 2.24) is 0 Å². The van der Waals surface area contributed by atoms with Crippen molar-refractivity contribution in [2.75, 3.05) is 46.0 Å². The van der Waals surface area contributed by atoms with Crippen LogP contribution in [0.4, 0.5) is 0 Å².